The van der Waals surface area contributed by atoms with Crippen molar-refractivity contribution in [1.29, 1.82) is 0 Å². The fourth-order valence-electron chi connectivity index (χ4n) is 2.34. The van der Waals surface area contributed by atoms with E-state index < -0.39 is 15.8 Å². The minimum absolute atomic E-state index is 0.138. The molecule has 4 nitrogen and oxygen atoms in total. The molecule has 2 N–H and O–H groups in total. The molecule has 1 aliphatic rings. The first-order valence-corrected chi connectivity index (χ1v) is 7.88. The second-order valence-electron chi connectivity index (χ2n) is 5.13. The van der Waals surface area contributed by atoms with E-state index in [1.165, 1.54) is 12.1 Å². The number of sulfonamides is 1. The Bertz CT molecular complexity index is 560. The molecule has 0 radical (unpaired) electrons. The van der Waals surface area contributed by atoms with Gasteiger partial charge in [0.1, 0.15) is 10.7 Å². The van der Waals surface area contributed by atoms with E-state index in [0.29, 0.717) is 6.42 Å². The van der Waals surface area contributed by atoms with Crippen LogP contribution in [0, 0.1) is 12.7 Å². The van der Waals surface area contributed by atoms with Crippen molar-refractivity contribution in [2.24, 2.45) is 0 Å². The van der Waals surface area contributed by atoms with Crippen LogP contribution in [-0.2, 0) is 10.0 Å². The monoisotopic (exact) mass is 286 g/mol. The molecule has 1 fully saturated rings. The van der Waals surface area contributed by atoms with Gasteiger partial charge in [-0.2, -0.15) is 0 Å². The second-order valence-corrected chi connectivity index (χ2v) is 6.81. The number of piperidine rings is 1. The normalized spacial score (nSPS) is 24.4. The van der Waals surface area contributed by atoms with Crippen molar-refractivity contribution >= 4 is 10.0 Å². The molecule has 0 saturated carbocycles. The molecule has 1 aliphatic heterocycles. The summed E-state index contributed by atoms with van der Waals surface area (Å²) in [6, 6.07) is 4.24. The van der Waals surface area contributed by atoms with Crippen LogP contribution in [0.25, 0.3) is 0 Å². The van der Waals surface area contributed by atoms with Crippen molar-refractivity contribution in [3.8, 4) is 0 Å². The van der Waals surface area contributed by atoms with Crippen molar-refractivity contribution in [3.05, 3.63) is 29.6 Å². The van der Waals surface area contributed by atoms with Crippen molar-refractivity contribution in [2.75, 3.05) is 6.54 Å². The zero-order valence-electron chi connectivity index (χ0n) is 11.1. The van der Waals surface area contributed by atoms with Gasteiger partial charge in [0.05, 0.1) is 0 Å². The van der Waals surface area contributed by atoms with Gasteiger partial charge < -0.3 is 5.32 Å². The second kappa shape index (κ2) is 5.56. The van der Waals surface area contributed by atoms with Gasteiger partial charge in [0.25, 0.3) is 0 Å². The van der Waals surface area contributed by atoms with Crippen LogP contribution in [0.5, 0.6) is 0 Å². The topological polar surface area (TPSA) is 58.2 Å². The molecule has 1 heterocycles. The van der Waals surface area contributed by atoms with Crippen molar-refractivity contribution in [3.63, 3.8) is 0 Å². The lowest BCUT2D eigenvalue weighted by Crippen LogP contribution is -2.46. The van der Waals surface area contributed by atoms with Gasteiger partial charge in [-0.15, -0.1) is 0 Å². The summed E-state index contributed by atoms with van der Waals surface area (Å²) in [6.45, 7) is 4.52. The third-order valence-electron chi connectivity index (χ3n) is 3.32. The maximum absolute atomic E-state index is 13.7. The fraction of sp³-hybridized carbons (Fsp3) is 0.538. The van der Waals surface area contributed by atoms with Crippen LogP contribution < -0.4 is 10.0 Å². The first-order chi connectivity index (χ1) is 8.88. The van der Waals surface area contributed by atoms with E-state index in [1.807, 2.05) is 6.92 Å². The lowest BCUT2D eigenvalue weighted by Gasteiger charge is -2.28. The third kappa shape index (κ3) is 3.52. The molecule has 106 valence electrons. The van der Waals surface area contributed by atoms with Gasteiger partial charge in [0.2, 0.25) is 10.0 Å². The fourth-order valence-corrected chi connectivity index (χ4v) is 3.78. The summed E-state index contributed by atoms with van der Waals surface area (Å²) < 4.78 is 40.7. The van der Waals surface area contributed by atoms with Crippen LogP contribution >= 0.6 is 0 Å². The van der Waals surface area contributed by atoms with Gasteiger partial charge in [0.15, 0.2) is 0 Å². The minimum atomic E-state index is -3.79. The molecule has 0 spiro atoms. The highest BCUT2D eigenvalue weighted by Crippen LogP contribution is 2.18. The Kier molecular flexibility index (Phi) is 4.23. The molecule has 0 aliphatic carbocycles. The Hall–Kier alpha value is -0.980. The Morgan fingerprint density at radius 1 is 1.42 bits per heavy atom. The van der Waals surface area contributed by atoms with Gasteiger partial charge in [0, 0.05) is 12.1 Å². The smallest absolute Gasteiger partial charge is 0.243 e. The largest absolute Gasteiger partial charge is 0.314 e. The Morgan fingerprint density at radius 3 is 2.84 bits per heavy atom. The van der Waals surface area contributed by atoms with E-state index >= 15 is 0 Å². The first-order valence-electron chi connectivity index (χ1n) is 6.40. The zero-order valence-corrected chi connectivity index (χ0v) is 11.9. The Labute approximate surface area is 113 Å². The predicted molar refractivity (Wildman–Crippen MR) is 71.9 cm³/mol. The molecule has 1 saturated heterocycles. The van der Waals surface area contributed by atoms with E-state index in [-0.39, 0.29) is 17.0 Å². The number of rotatable bonds is 3. The van der Waals surface area contributed by atoms with Crippen LogP contribution in [0.2, 0.25) is 0 Å². The van der Waals surface area contributed by atoms with Crippen LogP contribution in [0.1, 0.15) is 25.3 Å². The maximum atomic E-state index is 13.7. The summed E-state index contributed by atoms with van der Waals surface area (Å²) in [5.74, 6) is -0.708. The lowest BCUT2D eigenvalue weighted by atomic mass is 10.0. The SMILES string of the molecule is Cc1ccc(F)c(S(=O)(=O)NC2CCNC(C)C2)c1. The van der Waals surface area contributed by atoms with E-state index in [4.69, 9.17) is 0 Å². The molecule has 2 rings (SSSR count). The molecular formula is C13H19FN2O2S. The number of benzene rings is 1. The highest BCUT2D eigenvalue weighted by Gasteiger charge is 2.26. The summed E-state index contributed by atoms with van der Waals surface area (Å²) in [4.78, 5) is -0.265. The Balaban J connectivity index is 2.20. The zero-order chi connectivity index (χ0) is 14.0. The third-order valence-corrected chi connectivity index (χ3v) is 4.86. The number of aryl methyl sites for hydroxylation is 1. The first kappa shape index (κ1) is 14.4. The molecular weight excluding hydrogens is 267 g/mol. The highest BCUT2D eigenvalue weighted by atomic mass is 32.2. The van der Waals surface area contributed by atoms with Gasteiger partial charge in [-0.1, -0.05) is 6.07 Å². The molecule has 19 heavy (non-hydrogen) atoms. The van der Waals surface area contributed by atoms with Crippen molar-refractivity contribution in [1.82, 2.24) is 10.0 Å². The maximum Gasteiger partial charge on any atom is 0.243 e. The predicted octanol–water partition coefficient (Wildman–Crippen LogP) is 1.55. The number of halogens is 1. The quantitative estimate of drug-likeness (QED) is 0.886. The molecule has 1 aromatic carbocycles. The molecule has 0 amide bonds. The Morgan fingerprint density at radius 2 is 2.16 bits per heavy atom. The van der Waals surface area contributed by atoms with Gasteiger partial charge in [-0.3, -0.25) is 0 Å². The molecule has 2 atom stereocenters. The van der Waals surface area contributed by atoms with Crippen LogP contribution in [0.3, 0.4) is 0 Å². The van der Waals surface area contributed by atoms with Gasteiger partial charge in [-0.05, 0) is 50.9 Å². The van der Waals surface area contributed by atoms with Gasteiger partial charge in [-0.25, -0.2) is 17.5 Å². The average Bonchev–Trinajstić information content (AvgIpc) is 2.31. The average molecular weight is 286 g/mol. The van der Waals surface area contributed by atoms with E-state index in [0.717, 1.165) is 18.5 Å². The molecule has 0 bridgehead atoms. The van der Waals surface area contributed by atoms with Crippen LogP contribution in [0.15, 0.2) is 23.1 Å². The summed E-state index contributed by atoms with van der Waals surface area (Å²) in [5, 5.41) is 3.25. The molecule has 6 heteroatoms. The van der Waals surface area contributed by atoms with Crippen LogP contribution in [0.4, 0.5) is 4.39 Å². The lowest BCUT2D eigenvalue weighted by molar-refractivity contribution is 0.361. The summed E-state index contributed by atoms with van der Waals surface area (Å²) in [6.07, 6.45) is 1.43. The van der Waals surface area contributed by atoms with Crippen molar-refractivity contribution < 1.29 is 12.8 Å². The molecule has 2 unspecified atom stereocenters. The standard InChI is InChI=1S/C13H19FN2O2S/c1-9-3-4-12(14)13(7-9)19(17,18)16-11-5-6-15-10(2)8-11/h3-4,7,10-11,15-16H,5-6,8H2,1-2H3. The van der Waals surface area contributed by atoms with Gasteiger partial charge >= 0.3 is 0 Å². The van der Waals surface area contributed by atoms with Crippen LogP contribution in [-0.4, -0.2) is 27.0 Å². The van der Waals surface area contributed by atoms with E-state index in [9.17, 15) is 12.8 Å². The van der Waals surface area contributed by atoms with E-state index in [2.05, 4.69) is 10.0 Å². The molecule has 1 aromatic rings. The summed E-state index contributed by atoms with van der Waals surface area (Å²) in [5.41, 5.74) is 0.723. The number of nitrogens with one attached hydrogen (secondary N) is 2. The number of hydrogen-bond donors (Lipinski definition) is 2. The number of hydrogen-bond acceptors (Lipinski definition) is 3. The highest BCUT2D eigenvalue weighted by molar-refractivity contribution is 7.89. The summed E-state index contributed by atoms with van der Waals surface area (Å²) in [7, 11) is -3.79. The van der Waals surface area contributed by atoms with E-state index in [1.54, 1.807) is 13.0 Å². The summed E-state index contributed by atoms with van der Waals surface area (Å²) >= 11 is 0. The molecule has 0 aromatic heterocycles. The van der Waals surface area contributed by atoms with Crippen molar-refractivity contribution in [2.45, 2.75) is 43.7 Å². The minimum Gasteiger partial charge on any atom is -0.314 e.